The van der Waals surface area contributed by atoms with Crippen LogP contribution in [0.15, 0.2) is 36.7 Å². The average molecular weight is 238 g/mol. The molecule has 0 fully saturated rings. The summed E-state index contributed by atoms with van der Waals surface area (Å²) in [6, 6.07) is 7.48. The van der Waals surface area contributed by atoms with Crippen molar-refractivity contribution in [2.24, 2.45) is 5.73 Å². The van der Waals surface area contributed by atoms with Crippen molar-refractivity contribution < 1.29 is 0 Å². The summed E-state index contributed by atoms with van der Waals surface area (Å²) in [5.74, 6) is 0. The zero-order valence-corrected chi connectivity index (χ0v) is 9.29. The predicted molar refractivity (Wildman–Crippen MR) is 64.5 cm³/mol. The Morgan fingerprint density at radius 1 is 1.33 bits per heavy atom. The molecule has 0 aliphatic carbocycles. The summed E-state index contributed by atoms with van der Waals surface area (Å²) in [5, 5.41) is 4.69. The van der Waals surface area contributed by atoms with Crippen LogP contribution in [0.1, 0.15) is 5.56 Å². The van der Waals surface area contributed by atoms with E-state index in [2.05, 4.69) is 5.10 Å². The number of rotatable bonds is 2. The Morgan fingerprint density at radius 2 is 2.00 bits per heavy atom. The summed E-state index contributed by atoms with van der Waals surface area (Å²) in [6.07, 6.45) is 3.32. The maximum atomic E-state index is 5.77. The van der Waals surface area contributed by atoms with Crippen LogP contribution in [-0.4, -0.2) is 14.8 Å². The molecular weight excluding hydrogens is 230 g/mol. The number of hydrogen-bond donors (Lipinski definition) is 1. The second kappa shape index (κ2) is 4.00. The number of nitrogens with zero attached hydrogens (tertiary/aromatic N) is 2. The number of nitrogens with two attached hydrogens (primary N) is 1. The molecule has 76 valence electrons. The molecule has 2 rings (SSSR count). The van der Waals surface area contributed by atoms with Gasteiger partial charge in [-0.3, -0.25) is 0 Å². The largest absolute Gasteiger partial charge is 0.389 e. The van der Waals surface area contributed by atoms with Gasteiger partial charge in [0.2, 0.25) is 0 Å². The van der Waals surface area contributed by atoms with Crippen molar-refractivity contribution in [3.05, 3.63) is 47.2 Å². The molecule has 0 spiro atoms. The van der Waals surface area contributed by atoms with Gasteiger partial charge >= 0.3 is 0 Å². The van der Waals surface area contributed by atoms with E-state index >= 15 is 0 Å². The van der Waals surface area contributed by atoms with Crippen molar-refractivity contribution in [2.75, 3.05) is 0 Å². The van der Waals surface area contributed by atoms with Crippen molar-refractivity contribution in [3.8, 4) is 5.69 Å². The van der Waals surface area contributed by atoms with Crippen LogP contribution in [0.4, 0.5) is 0 Å². The van der Waals surface area contributed by atoms with Gasteiger partial charge in [0.25, 0.3) is 0 Å². The molecule has 3 nitrogen and oxygen atoms in total. The Hall–Kier alpha value is -1.39. The Labute approximate surface area is 97.5 Å². The molecule has 1 aromatic carbocycles. The molecule has 0 bridgehead atoms. The van der Waals surface area contributed by atoms with Gasteiger partial charge in [0.15, 0.2) is 0 Å². The first kappa shape index (κ1) is 10.1. The molecule has 2 aromatic rings. The molecule has 2 N–H and O–H groups in total. The van der Waals surface area contributed by atoms with Crippen LogP contribution >= 0.6 is 23.8 Å². The minimum Gasteiger partial charge on any atom is -0.389 e. The highest BCUT2D eigenvalue weighted by atomic mass is 35.5. The second-order valence-electron chi connectivity index (χ2n) is 3.01. The van der Waals surface area contributed by atoms with E-state index in [4.69, 9.17) is 29.6 Å². The molecule has 0 atom stereocenters. The van der Waals surface area contributed by atoms with E-state index < -0.39 is 0 Å². The molecule has 0 aliphatic heterocycles. The second-order valence-corrected chi connectivity index (χ2v) is 3.89. The lowest BCUT2D eigenvalue weighted by Crippen LogP contribution is -2.09. The lowest BCUT2D eigenvalue weighted by molar-refractivity contribution is 0.880. The standard InChI is InChI=1S/C10H8ClN3S/c11-8-5-13-14(6-8)9-3-1-7(2-4-9)10(12)15/h1-6H,(H2,12,15). The molecule has 0 saturated carbocycles. The molecule has 5 heteroatoms. The van der Waals surface area contributed by atoms with E-state index in [9.17, 15) is 0 Å². The topological polar surface area (TPSA) is 43.8 Å². The Balaban J connectivity index is 2.35. The smallest absolute Gasteiger partial charge is 0.103 e. The number of hydrogen-bond acceptors (Lipinski definition) is 2. The SMILES string of the molecule is NC(=S)c1ccc(-n2cc(Cl)cn2)cc1. The van der Waals surface area contributed by atoms with Crippen LogP contribution < -0.4 is 5.73 Å². The molecule has 1 aromatic heterocycles. The zero-order chi connectivity index (χ0) is 10.8. The van der Waals surface area contributed by atoms with Crippen molar-refractivity contribution >= 4 is 28.8 Å². The minimum absolute atomic E-state index is 0.389. The third kappa shape index (κ3) is 2.16. The summed E-state index contributed by atoms with van der Waals surface area (Å²) in [4.78, 5) is 0.389. The first-order valence-corrected chi connectivity index (χ1v) is 5.06. The molecule has 15 heavy (non-hydrogen) atoms. The molecule has 0 radical (unpaired) electrons. The predicted octanol–water partition coefficient (Wildman–Crippen LogP) is 2.16. The van der Waals surface area contributed by atoms with E-state index in [0.29, 0.717) is 10.0 Å². The van der Waals surface area contributed by atoms with Crippen molar-refractivity contribution in [1.29, 1.82) is 0 Å². The fraction of sp³-hybridized carbons (Fsp3) is 0. The van der Waals surface area contributed by atoms with E-state index in [1.807, 2.05) is 24.3 Å². The number of thiocarbonyl (C=S) groups is 1. The molecule has 0 saturated heterocycles. The number of aromatic nitrogens is 2. The molecule has 0 amide bonds. The van der Waals surface area contributed by atoms with Crippen LogP contribution in [0.2, 0.25) is 5.02 Å². The van der Waals surface area contributed by atoms with Crippen molar-refractivity contribution in [3.63, 3.8) is 0 Å². The Morgan fingerprint density at radius 3 is 2.47 bits per heavy atom. The first-order valence-electron chi connectivity index (χ1n) is 4.27. The van der Waals surface area contributed by atoms with E-state index in [0.717, 1.165) is 11.3 Å². The van der Waals surface area contributed by atoms with Crippen LogP contribution in [-0.2, 0) is 0 Å². The first-order chi connectivity index (χ1) is 7.16. The van der Waals surface area contributed by atoms with E-state index in [1.54, 1.807) is 17.1 Å². The van der Waals surface area contributed by atoms with Crippen LogP contribution in [0.5, 0.6) is 0 Å². The van der Waals surface area contributed by atoms with Gasteiger partial charge in [0.1, 0.15) is 4.99 Å². The fourth-order valence-corrected chi connectivity index (χ4v) is 1.49. The summed E-state index contributed by atoms with van der Waals surface area (Å²) >= 11 is 10.6. The van der Waals surface area contributed by atoms with E-state index in [1.165, 1.54) is 0 Å². The van der Waals surface area contributed by atoms with Crippen molar-refractivity contribution in [1.82, 2.24) is 9.78 Å². The summed E-state index contributed by atoms with van der Waals surface area (Å²) < 4.78 is 1.69. The van der Waals surface area contributed by atoms with Crippen LogP contribution in [0.25, 0.3) is 5.69 Å². The molecule has 1 heterocycles. The Bertz CT molecular complexity index is 490. The average Bonchev–Trinajstić information content (AvgIpc) is 2.65. The molecule has 0 unspecified atom stereocenters. The lowest BCUT2D eigenvalue weighted by atomic mass is 10.2. The maximum Gasteiger partial charge on any atom is 0.103 e. The third-order valence-electron chi connectivity index (χ3n) is 1.97. The van der Waals surface area contributed by atoms with Gasteiger partial charge in [-0.15, -0.1) is 0 Å². The summed E-state index contributed by atoms with van der Waals surface area (Å²) in [6.45, 7) is 0. The third-order valence-corrected chi connectivity index (χ3v) is 2.40. The van der Waals surface area contributed by atoms with Crippen molar-refractivity contribution in [2.45, 2.75) is 0 Å². The van der Waals surface area contributed by atoms with Gasteiger partial charge in [-0.05, 0) is 24.3 Å². The minimum atomic E-state index is 0.389. The number of halogens is 1. The maximum absolute atomic E-state index is 5.77. The van der Waals surface area contributed by atoms with Crippen LogP contribution in [0.3, 0.4) is 0 Å². The summed E-state index contributed by atoms with van der Waals surface area (Å²) in [7, 11) is 0. The van der Waals surface area contributed by atoms with Crippen LogP contribution in [0, 0.1) is 0 Å². The van der Waals surface area contributed by atoms with Gasteiger partial charge in [0, 0.05) is 11.8 Å². The van der Waals surface area contributed by atoms with Gasteiger partial charge in [0.05, 0.1) is 16.9 Å². The van der Waals surface area contributed by atoms with Gasteiger partial charge in [-0.2, -0.15) is 5.10 Å². The van der Waals surface area contributed by atoms with Gasteiger partial charge in [-0.25, -0.2) is 4.68 Å². The van der Waals surface area contributed by atoms with Gasteiger partial charge in [-0.1, -0.05) is 23.8 Å². The molecular formula is C10H8ClN3S. The molecule has 0 aliphatic rings. The quantitative estimate of drug-likeness (QED) is 0.815. The lowest BCUT2D eigenvalue weighted by Gasteiger charge is -2.02. The van der Waals surface area contributed by atoms with E-state index in [-0.39, 0.29) is 0 Å². The van der Waals surface area contributed by atoms with Gasteiger partial charge < -0.3 is 5.73 Å². The zero-order valence-electron chi connectivity index (χ0n) is 7.72. The highest BCUT2D eigenvalue weighted by Crippen LogP contribution is 2.12. The monoisotopic (exact) mass is 237 g/mol. The normalized spacial score (nSPS) is 10.2. The summed E-state index contributed by atoms with van der Waals surface area (Å²) in [5.41, 5.74) is 7.25. The Kier molecular flexibility index (Phi) is 2.70. The highest BCUT2D eigenvalue weighted by molar-refractivity contribution is 7.80. The number of benzene rings is 1. The fourth-order valence-electron chi connectivity index (χ4n) is 1.22. The highest BCUT2D eigenvalue weighted by Gasteiger charge is 2.00.